The molecule has 3 N–H and O–H groups in total. The van der Waals surface area contributed by atoms with Gasteiger partial charge < -0.3 is 15.6 Å². The van der Waals surface area contributed by atoms with Crippen molar-refractivity contribution < 1.29 is 14.6 Å². The summed E-state index contributed by atoms with van der Waals surface area (Å²) in [6, 6.07) is 10.4. The van der Waals surface area contributed by atoms with E-state index in [0.717, 1.165) is 20.8 Å². The Kier molecular flexibility index (Phi) is 4.55. The standard InChI is InChI=1S/C17H13BrN2O3S/c1-23-15-5-3-10(18)7-12(15)17-20-13(8-24-17)9-2-4-14(21)11(6-9)16(19)22/h2-8,21H,1H3,(H2,19,22). The van der Waals surface area contributed by atoms with Gasteiger partial charge >= 0.3 is 0 Å². The Morgan fingerprint density at radius 3 is 2.79 bits per heavy atom. The summed E-state index contributed by atoms with van der Waals surface area (Å²) in [7, 11) is 1.61. The highest BCUT2D eigenvalue weighted by Crippen LogP contribution is 2.36. The molecular weight excluding hydrogens is 392 g/mol. The highest BCUT2D eigenvalue weighted by atomic mass is 79.9. The SMILES string of the molecule is COc1ccc(Br)cc1-c1nc(-c2ccc(O)c(C(N)=O)c2)cs1. The summed E-state index contributed by atoms with van der Waals surface area (Å²) in [5.41, 5.74) is 7.62. The molecule has 7 heteroatoms. The normalized spacial score (nSPS) is 10.6. The third kappa shape index (κ3) is 3.13. The molecular formula is C17H13BrN2O3S. The lowest BCUT2D eigenvalue weighted by Crippen LogP contribution is -2.11. The number of aromatic nitrogens is 1. The number of hydrogen-bond donors (Lipinski definition) is 2. The number of aromatic hydroxyl groups is 1. The molecule has 1 aromatic heterocycles. The first-order chi connectivity index (χ1) is 11.5. The zero-order valence-electron chi connectivity index (χ0n) is 12.6. The minimum absolute atomic E-state index is 0.0714. The van der Waals surface area contributed by atoms with Crippen molar-refractivity contribution in [3.63, 3.8) is 0 Å². The molecule has 3 aromatic rings. The van der Waals surface area contributed by atoms with Crippen LogP contribution in [0.15, 0.2) is 46.3 Å². The number of ether oxygens (including phenoxy) is 1. The molecule has 1 amide bonds. The Balaban J connectivity index is 2.05. The summed E-state index contributed by atoms with van der Waals surface area (Å²) < 4.78 is 6.31. The number of nitrogens with zero attached hydrogens (tertiary/aromatic N) is 1. The average Bonchev–Trinajstić information content (AvgIpc) is 3.04. The van der Waals surface area contributed by atoms with Gasteiger partial charge in [0.05, 0.1) is 23.9 Å². The van der Waals surface area contributed by atoms with Crippen LogP contribution in [0.25, 0.3) is 21.8 Å². The minimum Gasteiger partial charge on any atom is -0.507 e. The lowest BCUT2D eigenvalue weighted by atomic mass is 10.1. The molecule has 0 fully saturated rings. The number of amides is 1. The predicted octanol–water partition coefficient (Wildman–Crippen LogP) is 4.05. The maximum absolute atomic E-state index is 11.4. The molecule has 0 unspecified atom stereocenters. The van der Waals surface area contributed by atoms with Crippen LogP contribution in [-0.4, -0.2) is 23.1 Å². The molecule has 0 atom stereocenters. The number of methoxy groups -OCH3 is 1. The van der Waals surface area contributed by atoms with Gasteiger partial charge in [0.15, 0.2) is 0 Å². The van der Waals surface area contributed by atoms with Gasteiger partial charge in [0.25, 0.3) is 5.91 Å². The monoisotopic (exact) mass is 404 g/mol. The Hall–Kier alpha value is -2.38. The predicted molar refractivity (Wildman–Crippen MR) is 97.4 cm³/mol. The first-order valence-corrected chi connectivity index (χ1v) is 8.59. The molecule has 1 heterocycles. The fraction of sp³-hybridized carbons (Fsp3) is 0.0588. The summed E-state index contributed by atoms with van der Waals surface area (Å²) in [5.74, 6) is -0.101. The summed E-state index contributed by atoms with van der Waals surface area (Å²) >= 11 is 4.91. The van der Waals surface area contributed by atoms with Gasteiger partial charge in [-0.1, -0.05) is 15.9 Å². The number of hydrogen-bond acceptors (Lipinski definition) is 5. The topological polar surface area (TPSA) is 85.4 Å². The molecule has 0 aliphatic heterocycles. The van der Waals surface area contributed by atoms with E-state index in [1.807, 2.05) is 23.6 Å². The molecule has 5 nitrogen and oxygen atoms in total. The summed E-state index contributed by atoms with van der Waals surface area (Å²) in [6.07, 6.45) is 0. The maximum atomic E-state index is 11.4. The van der Waals surface area contributed by atoms with Crippen LogP contribution in [0.2, 0.25) is 0 Å². The van der Waals surface area contributed by atoms with Gasteiger partial charge in [0.1, 0.15) is 16.5 Å². The number of halogens is 1. The van der Waals surface area contributed by atoms with Crippen LogP contribution in [0.1, 0.15) is 10.4 Å². The molecule has 0 spiro atoms. The molecule has 0 radical (unpaired) electrons. The van der Waals surface area contributed by atoms with Crippen molar-refractivity contribution in [2.24, 2.45) is 5.73 Å². The maximum Gasteiger partial charge on any atom is 0.252 e. The molecule has 0 aliphatic rings. The number of thiazole rings is 1. The van der Waals surface area contributed by atoms with Crippen LogP contribution in [0.5, 0.6) is 11.5 Å². The highest BCUT2D eigenvalue weighted by Gasteiger charge is 2.14. The average molecular weight is 405 g/mol. The molecule has 3 rings (SSSR count). The quantitative estimate of drug-likeness (QED) is 0.686. The number of benzene rings is 2. The van der Waals surface area contributed by atoms with Crippen LogP contribution < -0.4 is 10.5 Å². The summed E-state index contributed by atoms with van der Waals surface area (Å²) in [4.78, 5) is 16.0. The van der Waals surface area contributed by atoms with E-state index in [0.29, 0.717) is 11.3 Å². The van der Waals surface area contributed by atoms with Crippen molar-refractivity contribution in [3.8, 4) is 33.3 Å². The van der Waals surface area contributed by atoms with Crippen LogP contribution in [0, 0.1) is 0 Å². The van der Waals surface area contributed by atoms with Crippen LogP contribution in [-0.2, 0) is 0 Å². The molecule has 0 aliphatic carbocycles. The third-order valence-corrected chi connectivity index (χ3v) is 4.82. The van der Waals surface area contributed by atoms with Crippen molar-refractivity contribution >= 4 is 33.2 Å². The Morgan fingerprint density at radius 1 is 1.29 bits per heavy atom. The van der Waals surface area contributed by atoms with Crippen molar-refractivity contribution in [1.29, 1.82) is 0 Å². The van der Waals surface area contributed by atoms with Gasteiger partial charge in [-0.25, -0.2) is 4.98 Å². The number of carbonyl (C=O) groups excluding carboxylic acids is 1. The zero-order chi connectivity index (χ0) is 17.3. The fourth-order valence-electron chi connectivity index (χ4n) is 2.27. The summed E-state index contributed by atoms with van der Waals surface area (Å²) in [5, 5.41) is 12.4. The smallest absolute Gasteiger partial charge is 0.252 e. The van der Waals surface area contributed by atoms with E-state index in [2.05, 4.69) is 20.9 Å². The van der Waals surface area contributed by atoms with Crippen LogP contribution in [0.3, 0.4) is 0 Å². The van der Waals surface area contributed by atoms with Gasteiger partial charge in [-0.15, -0.1) is 11.3 Å². The summed E-state index contributed by atoms with van der Waals surface area (Å²) in [6.45, 7) is 0. The molecule has 0 bridgehead atoms. The van der Waals surface area contributed by atoms with Crippen molar-refractivity contribution in [1.82, 2.24) is 4.98 Å². The lowest BCUT2D eigenvalue weighted by Gasteiger charge is -2.06. The Labute approximate surface area is 150 Å². The second-order valence-corrected chi connectivity index (χ2v) is 6.75. The van der Waals surface area contributed by atoms with Gasteiger partial charge in [0, 0.05) is 15.4 Å². The van der Waals surface area contributed by atoms with Crippen LogP contribution >= 0.6 is 27.3 Å². The van der Waals surface area contributed by atoms with E-state index in [9.17, 15) is 9.90 Å². The van der Waals surface area contributed by atoms with Crippen molar-refractivity contribution in [3.05, 3.63) is 51.8 Å². The van der Waals surface area contributed by atoms with Gasteiger partial charge in [-0.05, 0) is 36.4 Å². The zero-order valence-corrected chi connectivity index (χ0v) is 15.0. The lowest BCUT2D eigenvalue weighted by molar-refractivity contribution is 0.0998. The number of phenols is 1. The molecule has 24 heavy (non-hydrogen) atoms. The van der Waals surface area contributed by atoms with Gasteiger partial charge in [-0.3, -0.25) is 4.79 Å². The largest absolute Gasteiger partial charge is 0.507 e. The Bertz CT molecular complexity index is 924. The molecule has 0 saturated carbocycles. The third-order valence-electron chi connectivity index (χ3n) is 3.45. The Morgan fingerprint density at radius 2 is 2.08 bits per heavy atom. The van der Waals surface area contributed by atoms with Crippen LogP contribution in [0.4, 0.5) is 0 Å². The molecule has 122 valence electrons. The van der Waals surface area contributed by atoms with Crippen molar-refractivity contribution in [2.75, 3.05) is 7.11 Å². The number of carbonyl (C=O) groups is 1. The number of primary amides is 1. The molecule has 2 aromatic carbocycles. The molecule has 0 saturated heterocycles. The number of nitrogens with two attached hydrogens (primary N) is 1. The van der Waals surface area contributed by atoms with E-state index in [-0.39, 0.29) is 11.3 Å². The van der Waals surface area contributed by atoms with E-state index < -0.39 is 5.91 Å². The van der Waals surface area contributed by atoms with Crippen molar-refractivity contribution in [2.45, 2.75) is 0 Å². The second-order valence-electron chi connectivity index (χ2n) is 4.98. The van der Waals surface area contributed by atoms with E-state index in [4.69, 9.17) is 10.5 Å². The van der Waals surface area contributed by atoms with E-state index in [1.165, 1.54) is 23.5 Å². The van der Waals surface area contributed by atoms with E-state index in [1.54, 1.807) is 13.2 Å². The minimum atomic E-state index is -0.682. The highest BCUT2D eigenvalue weighted by molar-refractivity contribution is 9.10. The fourth-order valence-corrected chi connectivity index (χ4v) is 3.48. The van der Waals surface area contributed by atoms with Gasteiger partial charge in [0.2, 0.25) is 0 Å². The number of rotatable bonds is 4. The van der Waals surface area contributed by atoms with E-state index >= 15 is 0 Å². The second kappa shape index (κ2) is 6.62. The first-order valence-electron chi connectivity index (χ1n) is 6.92. The van der Waals surface area contributed by atoms with Gasteiger partial charge in [-0.2, -0.15) is 0 Å². The first kappa shape index (κ1) is 16.5.